The molecule has 2 amide bonds. The Morgan fingerprint density at radius 2 is 2.08 bits per heavy atom. The summed E-state index contributed by atoms with van der Waals surface area (Å²) in [7, 11) is 0. The second-order valence-corrected chi connectivity index (χ2v) is 6.89. The van der Waals surface area contributed by atoms with Gasteiger partial charge in [0.1, 0.15) is 5.82 Å². The van der Waals surface area contributed by atoms with Crippen molar-refractivity contribution in [2.75, 3.05) is 32.8 Å². The predicted molar refractivity (Wildman–Crippen MR) is 93.4 cm³/mol. The fourth-order valence-electron chi connectivity index (χ4n) is 3.32. The van der Waals surface area contributed by atoms with Crippen molar-refractivity contribution in [3.63, 3.8) is 0 Å². The fourth-order valence-corrected chi connectivity index (χ4v) is 3.57. The van der Waals surface area contributed by atoms with Gasteiger partial charge in [0, 0.05) is 32.0 Å². The van der Waals surface area contributed by atoms with Crippen molar-refractivity contribution in [2.45, 2.75) is 25.6 Å². The highest BCUT2D eigenvalue weighted by molar-refractivity contribution is 6.33. The van der Waals surface area contributed by atoms with Gasteiger partial charge in [0.25, 0.3) is 5.91 Å². The van der Waals surface area contributed by atoms with Crippen LogP contribution in [-0.2, 0) is 14.3 Å². The number of carbonyl (C=O) groups excluding carboxylic acids is 2. The van der Waals surface area contributed by atoms with Crippen molar-refractivity contribution in [3.05, 3.63) is 34.6 Å². The number of benzene rings is 1. The van der Waals surface area contributed by atoms with E-state index in [1.807, 2.05) is 0 Å². The number of likely N-dealkylation sites (tertiary alicyclic amines) is 1. The molecule has 1 N–H and O–H groups in total. The minimum Gasteiger partial charge on any atom is -0.351 e. The van der Waals surface area contributed by atoms with E-state index in [4.69, 9.17) is 21.1 Å². The van der Waals surface area contributed by atoms with Gasteiger partial charge in [-0.3, -0.25) is 9.59 Å². The van der Waals surface area contributed by atoms with Gasteiger partial charge in [-0.2, -0.15) is 0 Å². The Hall–Kier alpha value is -1.70. The van der Waals surface area contributed by atoms with Gasteiger partial charge in [0.05, 0.1) is 23.8 Å². The molecule has 0 spiro atoms. The number of hydrogen-bond acceptors (Lipinski definition) is 4. The monoisotopic (exact) mass is 384 g/mol. The van der Waals surface area contributed by atoms with Crippen LogP contribution in [0.15, 0.2) is 18.2 Å². The molecule has 0 aromatic heterocycles. The maximum absolute atomic E-state index is 13.0. The molecule has 26 heavy (non-hydrogen) atoms. The maximum atomic E-state index is 13.0. The predicted octanol–water partition coefficient (Wildman–Crippen LogP) is 2.21. The van der Waals surface area contributed by atoms with Crippen LogP contribution in [0.3, 0.4) is 0 Å². The maximum Gasteiger partial charge on any atom is 0.252 e. The summed E-state index contributed by atoms with van der Waals surface area (Å²) < 4.78 is 24.1. The van der Waals surface area contributed by atoms with Gasteiger partial charge >= 0.3 is 0 Å². The van der Waals surface area contributed by atoms with Gasteiger partial charge in [0.2, 0.25) is 5.91 Å². The Morgan fingerprint density at radius 1 is 1.31 bits per heavy atom. The lowest BCUT2D eigenvalue weighted by molar-refractivity contribution is -0.139. The molecule has 2 aliphatic heterocycles. The third-order valence-electron chi connectivity index (χ3n) is 4.64. The van der Waals surface area contributed by atoms with Crippen LogP contribution in [0.4, 0.5) is 4.39 Å². The quantitative estimate of drug-likeness (QED) is 0.845. The van der Waals surface area contributed by atoms with E-state index in [1.165, 1.54) is 12.1 Å². The standard InChI is InChI=1S/C18H22ClFN2O4/c19-15-10-13(20)3-4-14(15)17(24)21-6-5-16(23)22-7-1-2-12(11-22)18-25-8-9-26-18/h3-4,10,12,18H,1-2,5-9,11H2,(H,21,24). The first-order chi connectivity index (χ1) is 12.5. The topological polar surface area (TPSA) is 67.9 Å². The van der Waals surface area contributed by atoms with Crippen LogP contribution in [0.25, 0.3) is 0 Å². The van der Waals surface area contributed by atoms with E-state index in [1.54, 1.807) is 4.90 Å². The van der Waals surface area contributed by atoms with Crippen LogP contribution >= 0.6 is 11.6 Å². The van der Waals surface area contributed by atoms with E-state index in [-0.39, 0.29) is 41.7 Å². The van der Waals surface area contributed by atoms with E-state index in [9.17, 15) is 14.0 Å². The van der Waals surface area contributed by atoms with Crippen molar-refractivity contribution in [1.82, 2.24) is 10.2 Å². The second-order valence-electron chi connectivity index (χ2n) is 6.48. The van der Waals surface area contributed by atoms with E-state index in [0.29, 0.717) is 26.3 Å². The number of ether oxygens (including phenoxy) is 2. The number of nitrogens with one attached hydrogen (secondary N) is 1. The summed E-state index contributed by atoms with van der Waals surface area (Å²) in [5.74, 6) is -0.746. The third kappa shape index (κ3) is 4.72. The average Bonchev–Trinajstić information content (AvgIpc) is 3.16. The molecule has 2 fully saturated rings. The molecule has 6 nitrogen and oxygen atoms in total. The minimum atomic E-state index is -0.503. The average molecular weight is 385 g/mol. The molecule has 142 valence electrons. The molecule has 0 saturated carbocycles. The summed E-state index contributed by atoms with van der Waals surface area (Å²) in [6.07, 6.45) is 1.88. The second kappa shape index (κ2) is 8.79. The number of piperidine rings is 1. The zero-order valence-corrected chi connectivity index (χ0v) is 15.1. The molecule has 1 aromatic rings. The van der Waals surface area contributed by atoms with E-state index in [0.717, 1.165) is 18.9 Å². The SMILES string of the molecule is O=C(NCCC(=O)N1CCCC(C2OCCO2)C1)c1ccc(F)cc1Cl. The molecule has 2 heterocycles. The minimum absolute atomic E-state index is 0.0156. The molecule has 0 aliphatic carbocycles. The molecule has 1 unspecified atom stereocenters. The molecule has 3 rings (SSSR count). The molecule has 2 saturated heterocycles. The molecular formula is C18H22ClFN2O4. The van der Waals surface area contributed by atoms with Crippen molar-refractivity contribution >= 4 is 23.4 Å². The van der Waals surface area contributed by atoms with Crippen LogP contribution in [0.5, 0.6) is 0 Å². The number of amides is 2. The van der Waals surface area contributed by atoms with Crippen molar-refractivity contribution in [2.24, 2.45) is 5.92 Å². The van der Waals surface area contributed by atoms with Gasteiger partial charge in [-0.25, -0.2) is 4.39 Å². The number of halogens is 2. The van der Waals surface area contributed by atoms with Crippen molar-refractivity contribution in [3.8, 4) is 0 Å². The van der Waals surface area contributed by atoms with Crippen LogP contribution in [0, 0.1) is 11.7 Å². The van der Waals surface area contributed by atoms with Crippen molar-refractivity contribution in [1.29, 1.82) is 0 Å². The largest absolute Gasteiger partial charge is 0.351 e. The Kier molecular flexibility index (Phi) is 6.45. The van der Waals surface area contributed by atoms with Crippen LogP contribution < -0.4 is 5.32 Å². The van der Waals surface area contributed by atoms with Gasteiger partial charge in [-0.15, -0.1) is 0 Å². The van der Waals surface area contributed by atoms with Gasteiger partial charge in [-0.1, -0.05) is 11.6 Å². The lowest BCUT2D eigenvalue weighted by Gasteiger charge is -2.34. The van der Waals surface area contributed by atoms with Gasteiger partial charge in [0.15, 0.2) is 6.29 Å². The first-order valence-electron chi connectivity index (χ1n) is 8.79. The highest BCUT2D eigenvalue weighted by Crippen LogP contribution is 2.25. The molecular weight excluding hydrogens is 363 g/mol. The van der Waals surface area contributed by atoms with Crippen molar-refractivity contribution < 1.29 is 23.5 Å². The van der Waals surface area contributed by atoms with E-state index >= 15 is 0 Å². The summed E-state index contributed by atoms with van der Waals surface area (Å²) in [4.78, 5) is 26.3. The first-order valence-corrected chi connectivity index (χ1v) is 9.16. The zero-order chi connectivity index (χ0) is 18.5. The molecule has 2 aliphatic rings. The highest BCUT2D eigenvalue weighted by Gasteiger charge is 2.32. The summed E-state index contributed by atoms with van der Waals surface area (Å²) in [5, 5.41) is 2.70. The molecule has 1 atom stereocenters. The number of hydrogen-bond donors (Lipinski definition) is 1. The van der Waals surface area contributed by atoms with Gasteiger partial charge in [-0.05, 0) is 31.0 Å². The fraction of sp³-hybridized carbons (Fsp3) is 0.556. The van der Waals surface area contributed by atoms with Crippen LogP contribution in [0.1, 0.15) is 29.6 Å². The summed E-state index contributed by atoms with van der Waals surface area (Å²) in [6.45, 7) is 2.73. The number of carbonyl (C=O) groups is 2. The molecule has 0 bridgehead atoms. The van der Waals surface area contributed by atoms with Crippen LogP contribution in [-0.4, -0.2) is 55.9 Å². The summed E-state index contributed by atoms with van der Waals surface area (Å²) >= 11 is 5.87. The Bertz CT molecular complexity index is 667. The third-order valence-corrected chi connectivity index (χ3v) is 4.96. The first kappa shape index (κ1) is 19.1. The Balaban J connectivity index is 1.45. The molecule has 1 aromatic carbocycles. The molecule has 0 radical (unpaired) electrons. The lowest BCUT2D eigenvalue weighted by atomic mass is 9.97. The lowest BCUT2D eigenvalue weighted by Crippen LogP contribution is -2.44. The van der Waals surface area contributed by atoms with Crippen LogP contribution in [0.2, 0.25) is 5.02 Å². The van der Waals surface area contributed by atoms with E-state index in [2.05, 4.69) is 5.32 Å². The summed E-state index contributed by atoms with van der Waals surface area (Å²) in [5.41, 5.74) is 0.189. The molecule has 8 heteroatoms. The number of rotatable bonds is 5. The smallest absolute Gasteiger partial charge is 0.252 e. The zero-order valence-electron chi connectivity index (χ0n) is 14.4. The Morgan fingerprint density at radius 3 is 2.81 bits per heavy atom. The van der Waals surface area contributed by atoms with Gasteiger partial charge < -0.3 is 19.7 Å². The highest BCUT2D eigenvalue weighted by atomic mass is 35.5. The summed E-state index contributed by atoms with van der Waals surface area (Å²) in [6, 6.07) is 3.58. The van der Waals surface area contributed by atoms with E-state index < -0.39 is 11.7 Å². The number of nitrogens with zero attached hydrogens (tertiary/aromatic N) is 1. The Labute approximate surface area is 156 Å². The normalized spacial score (nSPS) is 21.0.